The molecular formula is C18H24F3N5O. The largest absolute Gasteiger partial charge is 0.489 e. The normalized spacial score (nSPS) is 19.9. The molecular weight excluding hydrogens is 359 g/mol. The van der Waals surface area contributed by atoms with Crippen molar-refractivity contribution >= 4 is 17.6 Å². The Morgan fingerprint density at radius 2 is 1.81 bits per heavy atom. The average Bonchev–Trinajstić information content (AvgIpc) is 2.54. The lowest BCUT2D eigenvalue weighted by molar-refractivity contribution is -0.137. The van der Waals surface area contributed by atoms with Crippen LogP contribution in [0.15, 0.2) is 28.2 Å². The van der Waals surface area contributed by atoms with E-state index in [0.717, 1.165) is 31.4 Å². The molecule has 0 amide bonds. The molecule has 1 aromatic rings. The first-order valence-corrected chi connectivity index (χ1v) is 9.00. The molecule has 1 aliphatic carbocycles. The van der Waals surface area contributed by atoms with Gasteiger partial charge in [-0.05, 0) is 57.7 Å². The van der Waals surface area contributed by atoms with Crippen LogP contribution in [0.2, 0.25) is 0 Å². The molecule has 3 rings (SSSR count). The fourth-order valence-electron chi connectivity index (χ4n) is 3.69. The highest BCUT2D eigenvalue weighted by atomic mass is 19.4. The molecule has 27 heavy (non-hydrogen) atoms. The van der Waals surface area contributed by atoms with E-state index in [1.54, 1.807) is 4.90 Å². The van der Waals surface area contributed by atoms with Crippen molar-refractivity contribution in [2.45, 2.75) is 63.9 Å². The highest BCUT2D eigenvalue weighted by molar-refractivity contribution is 6.06. The zero-order chi connectivity index (χ0) is 19.8. The summed E-state index contributed by atoms with van der Waals surface area (Å²) >= 11 is 0. The van der Waals surface area contributed by atoms with Crippen molar-refractivity contribution in [2.75, 3.05) is 4.90 Å². The zero-order valence-corrected chi connectivity index (χ0v) is 15.4. The summed E-state index contributed by atoms with van der Waals surface area (Å²) in [6.07, 6.45) is -0.684. The Bertz CT molecular complexity index is 767. The highest BCUT2D eigenvalue weighted by Gasteiger charge is 2.44. The number of halogens is 3. The van der Waals surface area contributed by atoms with Crippen LogP contribution in [0.4, 0.5) is 18.9 Å². The summed E-state index contributed by atoms with van der Waals surface area (Å²) in [5.74, 6) is 0.373. The Morgan fingerprint density at radius 1 is 1.15 bits per heavy atom. The molecule has 4 N–H and O–H groups in total. The number of nitrogens with two attached hydrogens (primary N) is 2. The van der Waals surface area contributed by atoms with Gasteiger partial charge in [0.25, 0.3) is 0 Å². The lowest BCUT2D eigenvalue weighted by atomic mass is 9.87. The Hall–Kier alpha value is -2.45. The first-order chi connectivity index (χ1) is 12.6. The summed E-state index contributed by atoms with van der Waals surface area (Å²) < 4.78 is 45.8. The number of nitrogens with zero attached hydrogens (tertiary/aromatic N) is 3. The molecule has 1 saturated carbocycles. The number of hydrogen-bond acceptors (Lipinski definition) is 6. The smallest absolute Gasteiger partial charge is 0.416 e. The number of anilines is 1. The third kappa shape index (κ3) is 3.81. The maximum Gasteiger partial charge on any atom is 0.416 e. The number of ether oxygens (including phenoxy) is 1. The van der Waals surface area contributed by atoms with Gasteiger partial charge in [0, 0.05) is 0 Å². The summed E-state index contributed by atoms with van der Waals surface area (Å²) in [6.45, 7) is 3.61. The van der Waals surface area contributed by atoms with Crippen LogP contribution in [-0.2, 0) is 6.18 Å². The first kappa shape index (κ1) is 19.3. The minimum atomic E-state index is -4.49. The maximum atomic E-state index is 13.4. The van der Waals surface area contributed by atoms with Gasteiger partial charge in [-0.25, -0.2) is 4.99 Å². The van der Waals surface area contributed by atoms with E-state index in [1.165, 1.54) is 6.07 Å². The van der Waals surface area contributed by atoms with Gasteiger partial charge in [-0.2, -0.15) is 18.2 Å². The summed E-state index contributed by atoms with van der Waals surface area (Å²) in [7, 11) is 0. The standard InChI is InChI=1S/C18H24F3N5O/c1-11(2)27-14-7-6-12(18(19,20)21)10-13(14)26-16(23)24-15(22)25-17(26)8-4-3-5-9-17/h6-7,10-11H,3-5,8-9H2,1-2H3,(H4,22,23,24,25). The van der Waals surface area contributed by atoms with Crippen molar-refractivity contribution < 1.29 is 17.9 Å². The van der Waals surface area contributed by atoms with Crippen molar-refractivity contribution in [2.24, 2.45) is 21.5 Å². The van der Waals surface area contributed by atoms with Crippen molar-refractivity contribution in [1.29, 1.82) is 0 Å². The van der Waals surface area contributed by atoms with Crippen LogP contribution in [-0.4, -0.2) is 23.7 Å². The van der Waals surface area contributed by atoms with E-state index in [1.807, 2.05) is 13.8 Å². The van der Waals surface area contributed by atoms with Crippen LogP contribution in [0, 0.1) is 0 Å². The van der Waals surface area contributed by atoms with Gasteiger partial charge in [-0.1, -0.05) is 6.42 Å². The summed E-state index contributed by atoms with van der Waals surface area (Å²) in [5, 5.41) is 0. The van der Waals surface area contributed by atoms with Gasteiger partial charge in [0.15, 0.2) is 0 Å². The van der Waals surface area contributed by atoms with E-state index in [2.05, 4.69) is 9.98 Å². The number of hydrogen-bond donors (Lipinski definition) is 2. The van der Waals surface area contributed by atoms with Crippen LogP contribution in [0.3, 0.4) is 0 Å². The van der Waals surface area contributed by atoms with Gasteiger partial charge in [0.05, 0.1) is 17.4 Å². The van der Waals surface area contributed by atoms with Crippen molar-refractivity contribution in [3.8, 4) is 5.75 Å². The SMILES string of the molecule is CC(C)Oc1ccc(C(F)(F)F)cc1N1C(N)=NC(N)=NC12CCCCC2. The van der Waals surface area contributed by atoms with E-state index < -0.39 is 17.4 Å². The average molecular weight is 383 g/mol. The zero-order valence-electron chi connectivity index (χ0n) is 15.4. The van der Waals surface area contributed by atoms with Crippen molar-refractivity contribution in [3.05, 3.63) is 23.8 Å². The van der Waals surface area contributed by atoms with E-state index >= 15 is 0 Å². The molecule has 2 aliphatic rings. The highest BCUT2D eigenvalue weighted by Crippen LogP contribution is 2.44. The molecule has 6 nitrogen and oxygen atoms in total. The molecule has 1 fully saturated rings. The summed E-state index contributed by atoms with van der Waals surface area (Å²) in [4.78, 5) is 10.1. The monoisotopic (exact) mass is 383 g/mol. The van der Waals surface area contributed by atoms with Crippen molar-refractivity contribution in [1.82, 2.24) is 0 Å². The van der Waals surface area contributed by atoms with Gasteiger partial charge < -0.3 is 16.2 Å². The molecule has 9 heteroatoms. The van der Waals surface area contributed by atoms with Gasteiger partial charge in [-0.15, -0.1) is 0 Å². The third-order valence-electron chi connectivity index (χ3n) is 4.74. The Kier molecular flexibility index (Phi) is 4.96. The lowest BCUT2D eigenvalue weighted by Crippen LogP contribution is -2.58. The van der Waals surface area contributed by atoms with E-state index in [-0.39, 0.29) is 23.7 Å². The van der Waals surface area contributed by atoms with Crippen LogP contribution in [0.25, 0.3) is 0 Å². The van der Waals surface area contributed by atoms with Crippen LogP contribution in [0.5, 0.6) is 5.75 Å². The number of alkyl halides is 3. The topological polar surface area (TPSA) is 89.2 Å². The van der Waals surface area contributed by atoms with Crippen LogP contribution < -0.4 is 21.1 Å². The second-order valence-electron chi connectivity index (χ2n) is 7.17. The predicted molar refractivity (Wildman–Crippen MR) is 98.7 cm³/mol. The molecule has 0 unspecified atom stereocenters. The number of rotatable bonds is 3. The Morgan fingerprint density at radius 3 is 2.41 bits per heavy atom. The predicted octanol–water partition coefficient (Wildman–Crippen LogP) is 3.60. The summed E-state index contributed by atoms with van der Waals surface area (Å²) in [5.41, 5.74) is 10.6. The molecule has 1 aliphatic heterocycles. The molecule has 0 atom stereocenters. The van der Waals surface area contributed by atoms with Gasteiger partial charge in [-0.3, -0.25) is 4.90 Å². The number of benzene rings is 1. The maximum absolute atomic E-state index is 13.4. The third-order valence-corrected chi connectivity index (χ3v) is 4.74. The molecule has 1 heterocycles. The number of guanidine groups is 2. The van der Waals surface area contributed by atoms with Crippen LogP contribution >= 0.6 is 0 Å². The Labute approximate surface area is 156 Å². The molecule has 1 aromatic carbocycles. The molecule has 1 spiro atoms. The minimum absolute atomic E-state index is 0.0253. The molecule has 148 valence electrons. The fourth-order valence-corrected chi connectivity index (χ4v) is 3.69. The van der Waals surface area contributed by atoms with Gasteiger partial charge in [0.1, 0.15) is 11.4 Å². The second kappa shape index (κ2) is 6.94. The first-order valence-electron chi connectivity index (χ1n) is 9.00. The minimum Gasteiger partial charge on any atom is -0.489 e. The Balaban J connectivity index is 2.17. The van der Waals surface area contributed by atoms with E-state index in [4.69, 9.17) is 16.2 Å². The van der Waals surface area contributed by atoms with Crippen molar-refractivity contribution in [3.63, 3.8) is 0 Å². The lowest BCUT2D eigenvalue weighted by Gasteiger charge is -2.46. The van der Waals surface area contributed by atoms with Crippen LogP contribution in [0.1, 0.15) is 51.5 Å². The molecule has 0 saturated heterocycles. The van der Waals surface area contributed by atoms with Gasteiger partial charge in [0.2, 0.25) is 11.9 Å². The molecule has 0 aromatic heterocycles. The summed E-state index contributed by atoms with van der Waals surface area (Å²) in [6, 6.07) is 3.38. The fraction of sp³-hybridized carbons (Fsp3) is 0.556. The molecule has 0 bridgehead atoms. The van der Waals surface area contributed by atoms with Gasteiger partial charge >= 0.3 is 6.18 Å². The quantitative estimate of drug-likeness (QED) is 0.835. The van der Waals surface area contributed by atoms with E-state index in [0.29, 0.717) is 18.6 Å². The second-order valence-corrected chi connectivity index (χ2v) is 7.17. The molecule has 0 radical (unpaired) electrons. The van der Waals surface area contributed by atoms with E-state index in [9.17, 15) is 13.2 Å². The number of aliphatic imine (C=N–C) groups is 2.